The number of rotatable bonds is 7. The van der Waals surface area contributed by atoms with E-state index in [1.807, 2.05) is 42.5 Å². The number of hydrogen-bond acceptors (Lipinski definition) is 4. The van der Waals surface area contributed by atoms with Gasteiger partial charge >= 0.3 is 0 Å². The Hall–Kier alpha value is -2.14. The quantitative estimate of drug-likeness (QED) is 0.617. The van der Waals surface area contributed by atoms with Gasteiger partial charge in [0.1, 0.15) is 12.7 Å². The Morgan fingerprint density at radius 3 is 2.67 bits per heavy atom. The first kappa shape index (κ1) is 16.7. The fraction of sp³-hybridized carbons (Fsp3) is 0.316. The molecule has 3 rings (SSSR count). The number of fused-ring (bicyclic) bond motifs is 1. The van der Waals surface area contributed by atoms with E-state index in [9.17, 15) is 4.79 Å². The van der Waals surface area contributed by atoms with Gasteiger partial charge < -0.3 is 14.8 Å². The van der Waals surface area contributed by atoms with Gasteiger partial charge in [0.2, 0.25) is 5.91 Å². The Labute approximate surface area is 146 Å². The van der Waals surface area contributed by atoms with Crippen LogP contribution in [0, 0.1) is 0 Å². The van der Waals surface area contributed by atoms with Crippen molar-refractivity contribution in [2.75, 3.05) is 18.9 Å². The zero-order valence-corrected chi connectivity index (χ0v) is 14.3. The first-order chi connectivity index (χ1) is 11.8. The smallest absolute Gasteiger partial charge is 0.220 e. The number of ether oxygens (including phenoxy) is 2. The molecule has 1 heterocycles. The Morgan fingerprint density at radius 2 is 1.83 bits per heavy atom. The van der Waals surface area contributed by atoms with Gasteiger partial charge in [-0.1, -0.05) is 30.3 Å². The second-order valence-electron chi connectivity index (χ2n) is 5.57. The van der Waals surface area contributed by atoms with Crippen LogP contribution in [-0.4, -0.2) is 30.9 Å². The second kappa shape index (κ2) is 8.64. The van der Waals surface area contributed by atoms with E-state index in [1.165, 1.54) is 4.90 Å². The van der Waals surface area contributed by atoms with Crippen LogP contribution < -0.4 is 14.8 Å². The largest absolute Gasteiger partial charge is 0.486 e. The van der Waals surface area contributed by atoms with Gasteiger partial charge in [0, 0.05) is 11.3 Å². The predicted octanol–water partition coefficient (Wildman–Crippen LogP) is 3.52. The third-order valence-corrected chi connectivity index (χ3v) is 4.75. The number of benzene rings is 2. The summed E-state index contributed by atoms with van der Waals surface area (Å²) >= 11 is 1.78. The van der Waals surface area contributed by atoms with E-state index in [4.69, 9.17) is 9.47 Å². The van der Waals surface area contributed by atoms with E-state index >= 15 is 0 Å². The highest BCUT2D eigenvalue weighted by atomic mass is 32.2. The molecule has 24 heavy (non-hydrogen) atoms. The highest BCUT2D eigenvalue weighted by Gasteiger charge is 2.20. The van der Waals surface area contributed by atoms with E-state index in [0.717, 1.165) is 23.7 Å². The first-order valence-corrected chi connectivity index (χ1v) is 9.13. The lowest BCUT2D eigenvalue weighted by Crippen LogP contribution is -2.40. The molecule has 1 atom stereocenters. The van der Waals surface area contributed by atoms with Crippen LogP contribution in [0.15, 0.2) is 59.5 Å². The Morgan fingerprint density at radius 1 is 1.08 bits per heavy atom. The summed E-state index contributed by atoms with van der Waals surface area (Å²) in [6, 6.07) is 17.8. The van der Waals surface area contributed by atoms with Crippen molar-refractivity contribution in [3.63, 3.8) is 0 Å². The summed E-state index contributed by atoms with van der Waals surface area (Å²) in [5.41, 5.74) is 0. The first-order valence-electron chi connectivity index (χ1n) is 8.14. The van der Waals surface area contributed by atoms with Crippen LogP contribution in [0.25, 0.3) is 0 Å². The van der Waals surface area contributed by atoms with Crippen LogP contribution >= 0.6 is 11.8 Å². The van der Waals surface area contributed by atoms with Gasteiger partial charge in [-0.05, 0) is 36.4 Å². The summed E-state index contributed by atoms with van der Waals surface area (Å²) in [4.78, 5) is 13.2. The van der Waals surface area contributed by atoms with Gasteiger partial charge in [0.15, 0.2) is 11.5 Å². The molecular weight excluding hydrogens is 322 g/mol. The molecule has 2 aromatic carbocycles. The summed E-state index contributed by atoms with van der Waals surface area (Å²) in [6.07, 6.45) is 1.25. The SMILES string of the molecule is O=C(CCCSc1ccccc1)NC[C@H]1COc2ccccc2O1. The minimum Gasteiger partial charge on any atom is -0.486 e. The van der Waals surface area contributed by atoms with Crippen molar-refractivity contribution in [1.82, 2.24) is 5.32 Å². The molecule has 0 fully saturated rings. The molecule has 0 saturated heterocycles. The zero-order chi connectivity index (χ0) is 16.6. The average Bonchev–Trinajstić information content (AvgIpc) is 2.64. The molecule has 126 valence electrons. The highest BCUT2D eigenvalue weighted by molar-refractivity contribution is 7.99. The van der Waals surface area contributed by atoms with Crippen molar-refractivity contribution in [1.29, 1.82) is 0 Å². The van der Waals surface area contributed by atoms with Gasteiger partial charge in [-0.15, -0.1) is 11.8 Å². The molecule has 1 amide bonds. The predicted molar refractivity (Wildman–Crippen MR) is 95.8 cm³/mol. The van der Waals surface area contributed by atoms with E-state index in [1.54, 1.807) is 11.8 Å². The summed E-state index contributed by atoms with van der Waals surface area (Å²) in [7, 11) is 0. The number of carbonyl (C=O) groups is 1. The molecule has 0 aromatic heterocycles. The zero-order valence-electron chi connectivity index (χ0n) is 13.4. The van der Waals surface area contributed by atoms with E-state index < -0.39 is 0 Å². The molecule has 0 radical (unpaired) electrons. The lowest BCUT2D eigenvalue weighted by atomic mass is 10.2. The molecule has 1 aliphatic heterocycles. The molecule has 0 saturated carbocycles. The van der Waals surface area contributed by atoms with E-state index in [2.05, 4.69) is 17.4 Å². The summed E-state index contributed by atoms with van der Waals surface area (Å²) in [6.45, 7) is 0.931. The molecule has 1 N–H and O–H groups in total. The van der Waals surface area contributed by atoms with Gasteiger partial charge in [-0.2, -0.15) is 0 Å². The van der Waals surface area contributed by atoms with Gasteiger partial charge in [-0.3, -0.25) is 4.79 Å². The summed E-state index contributed by atoms with van der Waals surface area (Å²) in [5.74, 6) is 2.50. The topological polar surface area (TPSA) is 47.6 Å². The van der Waals surface area contributed by atoms with Crippen LogP contribution in [0.2, 0.25) is 0 Å². The normalized spacial score (nSPS) is 15.8. The van der Waals surface area contributed by atoms with Crippen molar-refractivity contribution in [3.05, 3.63) is 54.6 Å². The molecule has 2 aromatic rings. The minimum absolute atomic E-state index is 0.0612. The maximum absolute atomic E-state index is 11.9. The van der Waals surface area contributed by atoms with Gasteiger partial charge in [0.25, 0.3) is 0 Å². The Bertz CT molecular complexity index is 663. The lowest BCUT2D eigenvalue weighted by Gasteiger charge is -2.26. The molecule has 0 aliphatic carbocycles. The number of hydrogen-bond donors (Lipinski definition) is 1. The maximum atomic E-state index is 11.9. The van der Waals surface area contributed by atoms with Crippen LogP contribution in [0.5, 0.6) is 11.5 Å². The monoisotopic (exact) mass is 343 g/mol. The second-order valence-corrected chi connectivity index (χ2v) is 6.74. The third-order valence-electron chi connectivity index (χ3n) is 3.65. The van der Waals surface area contributed by atoms with E-state index in [0.29, 0.717) is 19.6 Å². The van der Waals surface area contributed by atoms with Crippen LogP contribution in [-0.2, 0) is 4.79 Å². The molecule has 0 spiro atoms. The molecule has 4 nitrogen and oxygen atoms in total. The highest BCUT2D eigenvalue weighted by Crippen LogP contribution is 2.30. The number of amides is 1. The average molecular weight is 343 g/mol. The van der Waals surface area contributed by atoms with Crippen molar-refractivity contribution in [2.24, 2.45) is 0 Å². The Kier molecular flexibility index (Phi) is 6.01. The van der Waals surface area contributed by atoms with Crippen LogP contribution in [0.1, 0.15) is 12.8 Å². The van der Waals surface area contributed by atoms with Crippen LogP contribution in [0.4, 0.5) is 0 Å². The maximum Gasteiger partial charge on any atom is 0.220 e. The van der Waals surface area contributed by atoms with Crippen molar-refractivity contribution < 1.29 is 14.3 Å². The number of para-hydroxylation sites is 2. The number of thioether (sulfide) groups is 1. The summed E-state index contributed by atoms with van der Waals surface area (Å²) < 4.78 is 11.5. The van der Waals surface area contributed by atoms with Crippen molar-refractivity contribution >= 4 is 17.7 Å². The van der Waals surface area contributed by atoms with Gasteiger partial charge in [-0.25, -0.2) is 0 Å². The van der Waals surface area contributed by atoms with Crippen molar-refractivity contribution in [2.45, 2.75) is 23.8 Å². The minimum atomic E-state index is -0.137. The summed E-state index contributed by atoms with van der Waals surface area (Å²) in [5, 5.41) is 2.93. The standard InChI is InChI=1S/C19H21NO3S/c21-19(11-6-12-24-16-7-2-1-3-8-16)20-13-15-14-22-17-9-4-5-10-18(17)23-15/h1-5,7-10,15H,6,11-14H2,(H,20,21)/t15-/m0/s1. The fourth-order valence-electron chi connectivity index (χ4n) is 2.42. The molecule has 0 bridgehead atoms. The number of carbonyl (C=O) groups excluding carboxylic acids is 1. The van der Waals surface area contributed by atoms with Crippen LogP contribution in [0.3, 0.4) is 0 Å². The Balaban J connectivity index is 1.32. The number of nitrogens with one attached hydrogen (secondary N) is 1. The molecular formula is C19H21NO3S. The molecule has 0 unspecified atom stereocenters. The van der Waals surface area contributed by atoms with Crippen molar-refractivity contribution in [3.8, 4) is 11.5 Å². The fourth-order valence-corrected chi connectivity index (χ4v) is 3.29. The van der Waals surface area contributed by atoms with Gasteiger partial charge in [0.05, 0.1) is 6.54 Å². The lowest BCUT2D eigenvalue weighted by molar-refractivity contribution is -0.121. The van der Waals surface area contributed by atoms with E-state index in [-0.39, 0.29) is 12.0 Å². The molecule has 1 aliphatic rings. The molecule has 5 heteroatoms. The third kappa shape index (κ3) is 4.93.